The van der Waals surface area contributed by atoms with E-state index in [1.807, 2.05) is 98.8 Å². The van der Waals surface area contributed by atoms with Crippen LogP contribution in [0.25, 0.3) is 22.2 Å². The van der Waals surface area contributed by atoms with Gasteiger partial charge in [0, 0.05) is 29.6 Å². The zero-order valence-electron chi connectivity index (χ0n) is 17.4. The van der Waals surface area contributed by atoms with Crippen LogP contribution in [0.2, 0.25) is 0 Å². The summed E-state index contributed by atoms with van der Waals surface area (Å²) in [5.74, 6) is -0.139. The average molecular weight is 398 g/mol. The first-order valence-corrected chi connectivity index (χ1v) is 10.3. The Hall–Kier alpha value is -3.50. The second-order valence-electron chi connectivity index (χ2n) is 6.57. The maximum Gasteiger partial charge on any atom is 0.252 e. The average Bonchev–Trinajstić information content (AvgIpc) is 2.83. The fraction of sp³-hybridized carbons (Fsp3) is 0.154. The monoisotopic (exact) mass is 397 g/mol. The van der Waals surface area contributed by atoms with E-state index in [-0.39, 0.29) is 12.5 Å². The van der Waals surface area contributed by atoms with E-state index in [2.05, 4.69) is 5.32 Å². The van der Waals surface area contributed by atoms with Crippen molar-refractivity contribution in [3.05, 3.63) is 102 Å². The van der Waals surface area contributed by atoms with E-state index in [0.717, 1.165) is 33.3 Å². The molecule has 0 bridgehead atoms. The molecule has 3 N–H and O–H groups in total. The molecule has 0 aliphatic rings. The number of nitrogens with one attached hydrogen (secondary N) is 1. The summed E-state index contributed by atoms with van der Waals surface area (Å²) in [6.07, 6.45) is 0. The van der Waals surface area contributed by atoms with Gasteiger partial charge in [0.25, 0.3) is 5.91 Å². The number of hydrogen-bond acceptors (Lipinski definition) is 3. The second-order valence-corrected chi connectivity index (χ2v) is 6.57. The summed E-state index contributed by atoms with van der Waals surface area (Å²) >= 11 is 0. The number of carbonyl (C=O) groups excluding carboxylic acids is 1. The van der Waals surface area contributed by atoms with Crippen molar-refractivity contribution in [3.8, 4) is 11.3 Å². The van der Waals surface area contributed by atoms with Crippen LogP contribution in [-0.2, 0) is 13.1 Å². The third-order valence-electron chi connectivity index (χ3n) is 4.77. The Morgan fingerprint density at radius 1 is 0.867 bits per heavy atom. The zero-order chi connectivity index (χ0) is 21.3. The molecule has 30 heavy (non-hydrogen) atoms. The molecule has 0 spiro atoms. The first-order chi connectivity index (χ1) is 14.8. The van der Waals surface area contributed by atoms with Crippen molar-refractivity contribution in [2.24, 2.45) is 5.73 Å². The number of nitrogens with two attached hydrogens (primary N) is 1. The van der Waals surface area contributed by atoms with Crippen LogP contribution in [0.1, 0.15) is 35.3 Å². The summed E-state index contributed by atoms with van der Waals surface area (Å²) in [6.45, 7) is 4.69. The smallest absolute Gasteiger partial charge is 0.252 e. The molecule has 0 unspecified atom stereocenters. The van der Waals surface area contributed by atoms with Gasteiger partial charge in [0.15, 0.2) is 0 Å². The molecule has 0 saturated heterocycles. The van der Waals surface area contributed by atoms with E-state index < -0.39 is 0 Å². The molecule has 3 aromatic carbocycles. The highest BCUT2D eigenvalue weighted by molar-refractivity contribution is 6.09. The van der Waals surface area contributed by atoms with Crippen molar-refractivity contribution >= 4 is 16.8 Å². The van der Waals surface area contributed by atoms with Gasteiger partial charge in [0.2, 0.25) is 0 Å². The Bertz CT molecular complexity index is 1110. The number of fused-ring (bicyclic) bond motifs is 1. The minimum absolute atomic E-state index is 0.139. The SMILES string of the molecule is CC.NCc1c(-c2ccccc2)nc2ccccc2c1C(=O)NCc1ccccc1. The predicted octanol–water partition coefficient (Wildman–Crippen LogP) is 5.32. The Labute approximate surface area is 177 Å². The normalized spacial score (nSPS) is 10.2. The first kappa shape index (κ1) is 21.2. The van der Waals surface area contributed by atoms with E-state index in [1.54, 1.807) is 0 Å². The molecule has 0 atom stereocenters. The molecule has 1 heterocycles. The van der Waals surface area contributed by atoms with E-state index in [9.17, 15) is 4.79 Å². The number of pyridine rings is 1. The number of hydrogen-bond donors (Lipinski definition) is 2. The van der Waals surface area contributed by atoms with Gasteiger partial charge < -0.3 is 11.1 Å². The van der Waals surface area contributed by atoms with E-state index >= 15 is 0 Å². The van der Waals surface area contributed by atoms with Crippen LogP contribution in [0, 0.1) is 0 Å². The number of nitrogens with zero attached hydrogens (tertiary/aromatic N) is 1. The molecule has 0 aliphatic heterocycles. The molecule has 0 fully saturated rings. The van der Waals surface area contributed by atoms with Crippen LogP contribution in [0.5, 0.6) is 0 Å². The predicted molar refractivity (Wildman–Crippen MR) is 124 cm³/mol. The third kappa shape index (κ3) is 4.56. The Balaban J connectivity index is 0.00000124. The number of amides is 1. The summed E-state index contributed by atoms with van der Waals surface area (Å²) in [4.78, 5) is 18.0. The molecule has 0 saturated carbocycles. The minimum Gasteiger partial charge on any atom is -0.348 e. The molecule has 0 aliphatic carbocycles. The first-order valence-electron chi connectivity index (χ1n) is 10.3. The Kier molecular flexibility index (Phi) is 7.30. The lowest BCUT2D eigenvalue weighted by Crippen LogP contribution is -2.25. The highest BCUT2D eigenvalue weighted by atomic mass is 16.1. The van der Waals surface area contributed by atoms with Gasteiger partial charge in [0.05, 0.1) is 16.8 Å². The maximum absolute atomic E-state index is 13.2. The number of rotatable bonds is 5. The molecule has 4 aromatic rings. The highest BCUT2D eigenvalue weighted by Gasteiger charge is 2.20. The van der Waals surface area contributed by atoms with Gasteiger partial charge >= 0.3 is 0 Å². The zero-order valence-corrected chi connectivity index (χ0v) is 17.4. The van der Waals surface area contributed by atoms with Crippen molar-refractivity contribution in [2.75, 3.05) is 0 Å². The molecule has 1 aromatic heterocycles. The topological polar surface area (TPSA) is 68.0 Å². The van der Waals surface area contributed by atoms with E-state index in [0.29, 0.717) is 12.1 Å². The van der Waals surface area contributed by atoms with Gasteiger partial charge in [-0.1, -0.05) is 92.7 Å². The van der Waals surface area contributed by atoms with Crippen LogP contribution in [0.4, 0.5) is 0 Å². The van der Waals surface area contributed by atoms with Crippen molar-refractivity contribution in [1.82, 2.24) is 10.3 Å². The van der Waals surface area contributed by atoms with Gasteiger partial charge in [0.1, 0.15) is 0 Å². The molecular weight excluding hydrogens is 370 g/mol. The van der Waals surface area contributed by atoms with Crippen molar-refractivity contribution < 1.29 is 4.79 Å². The molecule has 1 amide bonds. The summed E-state index contributed by atoms with van der Waals surface area (Å²) in [5, 5.41) is 3.85. The fourth-order valence-electron chi connectivity index (χ4n) is 3.41. The summed E-state index contributed by atoms with van der Waals surface area (Å²) < 4.78 is 0. The number of aromatic nitrogens is 1. The van der Waals surface area contributed by atoms with Gasteiger partial charge in [-0.3, -0.25) is 4.79 Å². The lowest BCUT2D eigenvalue weighted by Gasteiger charge is -2.16. The Morgan fingerprint density at radius 2 is 1.47 bits per heavy atom. The van der Waals surface area contributed by atoms with E-state index in [4.69, 9.17) is 10.7 Å². The minimum atomic E-state index is -0.139. The van der Waals surface area contributed by atoms with Gasteiger partial charge in [-0.25, -0.2) is 4.98 Å². The lowest BCUT2D eigenvalue weighted by atomic mass is 9.96. The summed E-state index contributed by atoms with van der Waals surface area (Å²) in [5.41, 5.74) is 11.0. The quantitative estimate of drug-likeness (QED) is 0.479. The van der Waals surface area contributed by atoms with Crippen molar-refractivity contribution in [1.29, 1.82) is 0 Å². The highest BCUT2D eigenvalue weighted by Crippen LogP contribution is 2.30. The number of carbonyl (C=O) groups is 1. The van der Waals surface area contributed by atoms with Crippen LogP contribution in [0.3, 0.4) is 0 Å². The fourth-order valence-corrected chi connectivity index (χ4v) is 3.41. The molecule has 4 heteroatoms. The molecule has 152 valence electrons. The molecule has 4 rings (SSSR count). The van der Waals surface area contributed by atoms with Crippen LogP contribution < -0.4 is 11.1 Å². The maximum atomic E-state index is 13.2. The molecule has 4 nitrogen and oxygen atoms in total. The van der Waals surface area contributed by atoms with Gasteiger partial charge in [-0.05, 0) is 11.6 Å². The molecule has 0 radical (unpaired) electrons. The Morgan fingerprint density at radius 3 is 2.13 bits per heavy atom. The summed E-state index contributed by atoms with van der Waals surface area (Å²) in [6, 6.07) is 27.4. The number of para-hydroxylation sites is 1. The number of benzene rings is 3. The second kappa shape index (κ2) is 10.3. The van der Waals surface area contributed by atoms with Gasteiger partial charge in [-0.15, -0.1) is 0 Å². The van der Waals surface area contributed by atoms with Gasteiger partial charge in [-0.2, -0.15) is 0 Å². The molecular formula is C26H27N3O. The van der Waals surface area contributed by atoms with Crippen LogP contribution >= 0.6 is 0 Å². The largest absolute Gasteiger partial charge is 0.348 e. The van der Waals surface area contributed by atoms with Crippen LogP contribution in [-0.4, -0.2) is 10.9 Å². The van der Waals surface area contributed by atoms with Crippen molar-refractivity contribution in [2.45, 2.75) is 26.9 Å². The van der Waals surface area contributed by atoms with Crippen LogP contribution in [0.15, 0.2) is 84.9 Å². The van der Waals surface area contributed by atoms with Crippen molar-refractivity contribution in [3.63, 3.8) is 0 Å². The summed E-state index contributed by atoms with van der Waals surface area (Å²) in [7, 11) is 0. The standard InChI is InChI=1S/C24H21N3O.C2H6/c25-15-20-22(24(28)26-16-17-9-3-1-4-10-17)19-13-7-8-14-21(19)27-23(20)18-11-5-2-6-12-18;1-2/h1-14H,15-16,25H2,(H,26,28);1-2H3. The van der Waals surface area contributed by atoms with E-state index in [1.165, 1.54) is 0 Å². The lowest BCUT2D eigenvalue weighted by molar-refractivity contribution is 0.0951. The third-order valence-corrected chi connectivity index (χ3v) is 4.77.